The Bertz CT molecular complexity index is 397. The summed E-state index contributed by atoms with van der Waals surface area (Å²) in [4.78, 5) is 18.1. The number of nitrogens with two attached hydrogens (primary N) is 1. The molecule has 100 valence electrons. The highest BCUT2D eigenvalue weighted by Crippen LogP contribution is 2.13. The summed E-state index contributed by atoms with van der Waals surface area (Å²) in [6.07, 6.45) is 5.10. The van der Waals surface area contributed by atoms with E-state index in [1.54, 1.807) is 17.1 Å². The van der Waals surface area contributed by atoms with E-state index >= 15 is 0 Å². The molecule has 18 heavy (non-hydrogen) atoms. The molecule has 0 radical (unpaired) electrons. The highest BCUT2D eigenvalue weighted by atomic mass is 16.5. The molecule has 2 rings (SSSR count). The minimum Gasteiger partial charge on any atom is -0.458 e. The fraction of sp³-hybridized carbons (Fsp3) is 0.667. The summed E-state index contributed by atoms with van der Waals surface area (Å²) in [6, 6.07) is 0. The number of ether oxygens (including phenoxy) is 1. The van der Waals surface area contributed by atoms with Crippen LogP contribution in [0.25, 0.3) is 0 Å². The number of hydrogen-bond acceptors (Lipinski definition) is 5. The van der Waals surface area contributed by atoms with Crippen LogP contribution < -0.4 is 5.73 Å². The van der Waals surface area contributed by atoms with Gasteiger partial charge in [-0.1, -0.05) is 0 Å². The second kappa shape index (κ2) is 5.97. The van der Waals surface area contributed by atoms with Gasteiger partial charge in [0.05, 0.1) is 6.33 Å². The van der Waals surface area contributed by atoms with Gasteiger partial charge < -0.3 is 19.9 Å². The molecule has 1 aliphatic heterocycles. The van der Waals surface area contributed by atoms with Crippen molar-refractivity contribution in [3.8, 4) is 0 Å². The van der Waals surface area contributed by atoms with E-state index in [1.165, 1.54) is 0 Å². The summed E-state index contributed by atoms with van der Waals surface area (Å²) < 4.78 is 7.24. The molecule has 0 aromatic carbocycles. The van der Waals surface area contributed by atoms with Crippen molar-refractivity contribution in [1.82, 2.24) is 14.5 Å². The third-order valence-electron chi connectivity index (χ3n) is 3.17. The monoisotopic (exact) mass is 252 g/mol. The normalized spacial score (nSPS) is 17.9. The molecule has 1 aromatic rings. The van der Waals surface area contributed by atoms with E-state index in [9.17, 15) is 4.79 Å². The topological polar surface area (TPSA) is 73.4 Å². The second-order valence-electron chi connectivity index (χ2n) is 4.69. The van der Waals surface area contributed by atoms with E-state index in [0.29, 0.717) is 18.8 Å². The standard InChI is InChI=1S/C12H20N4O2/c1-15-5-2-10(3-6-15)18-12(17)11-8-16(7-4-13)9-14-11/h8-10H,2-7,13H2,1H3. The van der Waals surface area contributed by atoms with E-state index in [1.807, 2.05) is 0 Å². The minimum absolute atomic E-state index is 0.0216. The van der Waals surface area contributed by atoms with Crippen LogP contribution in [0.1, 0.15) is 23.3 Å². The van der Waals surface area contributed by atoms with Crippen molar-refractivity contribution in [3.05, 3.63) is 18.2 Å². The molecule has 0 bridgehead atoms. The van der Waals surface area contributed by atoms with Gasteiger partial charge in [-0.25, -0.2) is 9.78 Å². The minimum atomic E-state index is -0.333. The highest BCUT2D eigenvalue weighted by Gasteiger charge is 2.22. The molecule has 0 atom stereocenters. The summed E-state index contributed by atoms with van der Waals surface area (Å²) >= 11 is 0. The summed E-state index contributed by atoms with van der Waals surface area (Å²) in [7, 11) is 2.08. The van der Waals surface area contributed by atoms with E-state index < -0.39 is 0 Å². The van der Waals surface area contributed by atoms with Crippen LogP contribution in [0.5, 0.6) is 0 Å². The second-order valence-corrected chi connectivity index (χ2v) is 4.69. The smallest absolute Gasteiger partial charge is 0.358 e. The first-order chi connectivity index (χ1) is 8.69. The van der Waals surface area contributed by atoms with Crippen LogP contribution in [0.2, 0.25) is 0 Å². The summed E-state index contributed by atoms with van der Waals surface area (Å²) in [6.45, 7) is 3.13. The lowest BCUT2D eigenvalue weighted by molar-refractivity contribution is 0.0133. The number of nitrogens with zero attached hydrogens (tertiary/aromatic N) is 3. The maximum absolute atomic E-state index is 11.9. The Kier molecular flexibility index (Phi) is 4.33. The molecule has 1 fully saturated rings. The maximum Gasteiger partial charge on any atom is 0.358 e. The Balaban J connectivity index is 1.86. The van der Waals surface area contributed by atoms with Crippen LogP contribution in [0.4, 0.5) is 0 Å². The number of imidazole rings is 1. The van der Waals surface area contributed by atoms with Crippen LogP contribution in [-0.2, 0) is 11.3 Å². The van der Waals surface area contributed by atoms with Crippen molar-refractivity contribution in [2.75, 3.05) is 26.7 Å². The zero-order valence-corrected chi connectivity index (χ0v) is 10.7. The van der Waals surface area contributed by atoms with Gasteiger partial charge in [-0.2, -0.15) is 0 Å². The quantitative estimate of drug-likeness (QED) is 0.769. The number of likely N-dealkylation sites (tertiary alicyclic amines) is 1. The molecular weight excluding hydrogens is 232 g/mol. The molecule has 1 saturated heterocycles. The molecule has 6 nitrogen and oxygen atoms in total. The summed E-state index contributed by atoms with van der Waals surface area (Å²) in [5.41, 5.74) is 5.80. The lowest BCUT2D eigenvalue weighted by atomic mass is 10.1. The van der Waals surface area contributed by atoms with Crippen molar-refractivity contribution in [3.63, 3.8) is 0 Å². The molecule has 0 spiro atoms. The fourth-order valence-electron chi connectivity index (χ4n) is 2.05. The fourth-order valence-corrected chi connectivity index (χ4v) is 2.05. The van der Waals surface area contributed by atoms with Crippen LogP contribution in [0.3, 0.4) is 0 Å². The number of carbonyl (C=O) groups excluding carboxylic acids is 1. The van der Waals surface area contributed by atoms with Crippen molar-refractivity contribution in [2.45, 2.75) is 25.5 Å². The predicted molar refractivity (Wildman–Crippen MR) is 67.2 cm³/mol. The first kappa shape index (κ1) is 13.0. The molecule has 0 unspecified atom stereocenters. The molecular formula is C12H20N4O2. The van der Waals surface area contributed by atoms with Gasteiger partial charge >= 0.3 is 5.97 Å². The molecule has 1 aliphatic rings. The Morgan fingerprint density at radius 2 is 2.28 bits per heavy atom. The molecule has 0 saturated carbocycles. The zero-order chi connectivity index (χ0) is 13.0. The number of piperidine rings is 1. The van der Waals surface area contributed by atoms with Crippen LogP contribution >= 0.6 is 0 Å². The van der Waals surface area contributed by atoms with Gasteiger partial charge in [0.2, 0.25) is 0 Å². The average molecular weight is 252 g/mol. The van der Waals surface area contributed by atoms with Gasteiger partial charge in [-0.15, -0.1) is 0 Å². The predicted octanol–water partition coefficient (Wildman–Crippen LogP) is 0.0928. The van der Waals surface area contributed by atoms with Gasteiger partial charge in [0.15, 0.2) is 5.69 Å². The van der Waals surface area contributed by atoms with Gasteiger partial charge in [0.1, 0.15) is 6.10 Å². The van der Waals surface area contributed by atoms with Gasteiger partial charge in [-0.05, 0) is 19.9 Å². The molecule has 0 aliphatic carbocycles. The first-order valence-electron chi connectivity index (χ1n) is 6.30. The third-order valence-corrected chi connectivity index (χ3v) is 3.17. The van der Waals surface area contributed by atoms with Crippen LogP contribution in [0.15, 0.2) is 12.5 Å². The first-order valence-corrected chi connectivity index (χ1v) is 6.30. The summed E-state index contributed by atoms with van der Waals surface area (Å²) in [5, 5.41) is 0. The number of hydrogen-bond donors (Lipinski definition) is 1. The largest absolute Gasteiger partial charge is 0.458 e. The molecule has 6 heteroatoms. The van der Waals surface area contributed by atoms with Gasteiger partial charge in [0, 0.05) is 32.4 Å². The van der Waals surface area contributed by atoms with Crippen molar-refractivity contribution in [2.24, 2.45) is 5.73 Å². The third kappa shape index (κ3) is 3.30. The highest BCUT2D eigenvalue weighted by molar-refractivity contribution is 5.87. The lowest BCUT2D eigenvalue weighted by Crippen LogP contribution is -2.35. The molecule has 2 heterocycles. The zero-order valence-electron chi connectivity index (χ0n) is 10.7. The molecule has 2 N–H and O–H groups in total. The maximum atomic E-state index is 11.9. The Labute approximate surface area is 107 Å². The Morgan fingerprint density at radius 1 is 1.56 bits per heavy atom. The van der Waals surface area contributed by atoms with Crippen LogP contribution in [0, 0.1) is 0 Å². The van der Waals surface area contributed by atoms with Gasteiger partial charge in [0.25, 0.3) is 0 Å². The average Bonchev–Trinajstić information content (AvgIpc) is 2.81. The van der Waals surface area contributed by atoms with Crippen LogP contribution in [-0.4, -0.2) is 53.2 Å². The van der Waals surface area contributed by atoms with E-state index in [-0.39, 0.29) is 12.1 Å². The Morgan fingerprint density at radius 3 is 2.94 bits per heavy atom. The Hall–Kier alpha value is -1.40. The van der Waals surface area contributed by atoms with Gasteiger partial charge in [-0.3, -0.25) is 0 Å². The van der Waals surface area contributed by atoms with E-state index in [2.05, 4.69) is 16.9 Å². The SMILES string of the molecule is CN1CCC(OC(=O)c2cn(CCN)cn2)CC1. The van der Waals surface area contributed by atoms with E-state index in [0.717, 1.165) is 25.9 Å². The number of rotatable bonds is 4. The van der Waals surface area contributed by atoms with E-state index in [4.69, 9.17) is 10.5 Å². The summed E-state index contributed by atoms with van der Waals surface area (Å²) in [5.74, 6) is -0.333. The number of esters is 1. The molecule has 0 amide bonds. The molecule has 1 aromatic heterocycles. The lowest BCUT2D eigenvalue weighted by Gasteiger charge is -2.28. The van der Waals surface area contributed by atoms with Crippen molar-refractivity contribution >= 4 is 5.97 Å². The number of carbonyl (C=O) groups is 1. The van der Waals surface area contributed by atoms with Crippen molar-refractivity contribution < 1.29 is 9.53 Å². The van der Waals surface area contributed by atoms with Crippen molar-refractivity contribution in [1.29, 1.82) is 0 Å². The number of aromatic nitrogens is 2.